The Hall–Kier alpha value is -2.36. The number of carbonyl (C=O) groups excluding carboxylic acids is 2. The molecule has 2 aromatic rings. The quantitative estimate of drug-likeness (QED) is 0.451. The maximum atomic E-state index is 12.7. The fourth-order valence-electron chi connectivity index (χ4n) is 2.56. The number of thioether (sulfide) groups is 1. The largest absolute Gasteiger partial charge is 0.394 e. The Morgan fingerprint density at radius 1 is 1.31 bits per heavy atom. The molecule has 1 aromatic heterocycles. The molecule has 0 radical (unpaired) electrons. The van der Waals surface area contributed by atoms with Crippen molar-refractivity contribution in [2.45, 2.75) is 38.0 Å². The van der Waals surface area contributed by atoms with Crippen molar-refractivity contribution in [3.8, 4) is 11.3 Å². The van der Waals surface area contributed by atoms with E-state index >= 15 is 0 Å². The van der Waals surface area contributed by atoms with Gasteiger partial charge in [-0.2, -0.15) is 0 Å². The molecule has 0 unspecified atom stereocenters. The van der Waals surface area contributed by atoms with Gasteiger partial charge in [-0.3, -0.25) is 19.0 Å². The standard InChI is InChI=1S/C19H23ClN4O4S/c1-11(26)21-14-7-12(20)5-6-13(14)15-8-17(28)24(18(22-15)29-4)9-16(27)23-19(2,3)10-25/h5-8,25H,9-10H2,1-4H3,(H,21,26)(H,23,27). The molecule has 10 heteroatoms. The Labute approximate surface area is 177 Å². The van der Waals surface area contributed by atoms with E-state index in [9.17, 15) is 19.5 Å². The topological polar surface area (TPSA) is 113 Å². The Kier molecular flexibility index (Phi) is 7.45. The zero-order valence-corrected chi connectivity index (χ0v) is 18.1. The van der Waals surface area contributed by atoms with Crippen LogP contribution < -0.4 is 16.2 Å². The van der Waals surface area contributed by atoms with Gasteiger partial charge in [0.25, 0.3) is 5.56 Å². The number of benzene rings is 1. The monoisotopic (exact) mass is 438 g/mol. The van der Waals surface area contributed by atoms with Crippen molar-refractivity contribution < 1.29 is 14.7 Å². The second kappa shape index (κ2) is 9.43. The zero-order valence-electron chi connectivity index (χ0n) is 16.6. The Morgan fingerprint density at radius 3 is 2.59 bits per heavy atom. The smallest absolute Gasteiger partial charge is 0.255 e. The van der Waals surface area contributed by atoms with Crippen LogP contribution in [0, 0.1) is 0 Å². The second-order valence-electron chi connectivity index (χ2n) is 7.01. The van der Waals surface area contributed by atoms with Gasteiger partial charge in [0.1, 0.15) is 6.54 Å². The molecule has 0 spiro atoms. The zero-order chi connectivity index (χ0) is 21.8. The molecule has 1 heterocycles. The van der Waals surface area contributed by atoms with Crippen molar-refractivity contribution in [1.82, 2.24) is 14.9 Å². The van der Waals surface area contributed by atoms with E-state index in [0.717, 1.165) is 0 Å². The van der Waals surface area contributed by atoms with Crippen molar-refractivity contribution in [1.29, 1.82) is 0 Å². The summed E-state index contributed by atoms with van der Waals surface area (Å²) in [6, 6.07) is 6.19. The summed E-state index contributed by atoms with van der Waals surface area (Å²) < 4.78 is 1.25. The van der Waals surface area contributed by atoms with E-state index < -0.39 is 17.0 Å². The minimum Gasteiger partial charge on any atom is -0.394 e. The number of carbonyl (C=O) groups is 2. The van der Waals surface area contributed by atoms with Gasteiger partial charge in [0, 0.05) is 23.6 Å². The number of nitrogens with zero attached hydrogens (tertiary/aromatic N) is 2. The number of aliphatic hydroxyl groups is 1. The van der Waals surface area contributed by atoms with Gasteiger partial charge in [-0.1, -0.05) is 23.4 Å². The molecule has 0 atom stereocenters. The molecule has 0 aliphatic rings. The normalized spacial score (nSPS) is 11.2. The van der Waals surface area contributed by atoms with Crippen LogP contribution in [0.4, 0.5) is 5.69 Å². The van der Waals surface area contributed by atoms with E-state index in [1.165, 1.54) is 29.3 Å². The number of halogens is 1. The highest BCUT2D eigenvalue weighted by molar-refractivity contribution is 7.98. The van der Waals surface area contributed by atoms with Gasteiger partial charge in [-0.05, 0) is 38.3 Å². The molecule has 3 N–H and O–H groups in total. The van der Waals surface area contributed by atoms with Crippen LogP contribution in [0.1, 0.15) is 20.8 Å². The average molecular weight is 439 g/mol. The first-order chi connectivity index (χ1) is 13.6. The van der Waals surface area contributed by atoms with E-state index in [-0.39, 0.29) is 19.1 Å². The fraction of sp³-hybridized carbons (Fsp3) is 0.368. The predicted octanol–water partition coefficient (Wildman–Crippen LogP) is 2.13. The molecule has 2 amide bonds. The molecule has 0 bridgehead atoms. The van der Waals surface area contributed by atoms with Crippen LogP contribution in [0.5, 0.6) is 0 Å². The summed E-state index contributed by atoms with van der Waals surface area (Å²) in [6.07, 6.45) is 1.74. The van der Waals surface area contributed by atoms with Crippen LogP contribution in [0.25, 0.3) is 11.3 Å². The lowest BCUT2D eigenvalue weighted by Gasteiger charge is -2.24. The summed E-state index contributed by atoms with van der Waals surface area (Å²) in [4.78, 5) is 41.0. The number of anilines is 1. The summed E-state index contributed by atoms with van der Waals surface area (Å²) in [5.74, 6) is -0.698. The van der Waals surface area contributed by atoms with Crippen molar-refractivity contribution >= 4 is 40.9 Å². The summed E-state index contributed by atoms with van der Waals surface area (Å²) in [5.41, 5.74) is 0.107. The first-order valence-corrected chi connectivity index (χ1v) is 10.3. The van der Waals surface area contributed by atoms with Crippen molar-refractivity contribution in [2.75, 3.05) is 18.2 Å². The molecule has 0 saturated carbocycles. The maximum Gasteiger partial charge on any atom is 0.255 e. The minimum absolute atomic E-state index is 0.231. The fourth-order valence-corrected chi connectivity index (χ4v) is 3.29. The third kappa shape index (κ3) is 6.06. The van der Waals surface area contributed by atoms with E-state index in [4.69, 9.17) is 11.6 Å². The lowest BCUT2D eigenvalue weighted by atomic mass is 10.1. The molecule has 1 aromatic carbocycles. The van der Waals surface area contributed by atoms with Gasteiger partial charge in [0.2, 0.25) is 11.8 Å². The number of hydrogen-bond donors (Lipinski definition) is 3. The lowest BCUT2D eigenvalue weighted by Crippen LogP contribution is -2.48. The van der Waals surface area contributed by atoms with Gasteiger partial charge < -0.3 is 15.7 Å². The van der Waals surface area contributed by atoms with E-state index in [1.54, 1.807) is 38.3 Å². The first kappa shape index (κ1) is 22.9. The Bertz CT molecular complexity index is 991. The lowest BCUT2D eigenvalue weighted by molar-refractivity contribution is -0.124. The van der Waals surface area contributed by atoms with Crippen LogP contribution in [0.15, 0.2) is 34.2 Å². The molecular formula is C19H23ClN4O4S. The van der Waals surface area contributed by atoms with Crippen molar-refractivity contribution in [3.05, 3.63) is 39.6 Å². The number of aromatic nitrogens is 2. The minimum atomic E-state index is -0.801. The molecular weight excluding hydrogens is 416 g/mol. The predicted molar refractivity (Wildman–Crippen MR) is 114 cm³/mol. The number of aliphatic hydroxyl groups excluding tert-OH is 1. The van der Waals surface area contributed by atoms with Gasteiger partial charge in [0.15, 0.2) is 5.16 Å². The average Bonchev–Trinajstić information content (AvgIpc) is 2.62. The number of hydrogen-bond acceptors (Lipinski definition) is 6. The van der Waals surface area contributed by atoms with Gasteiger partial charge in [-0.15, -0.1) is 0 Å². The SMILES string of the molecule is CSc1nc(-c2ccc(Cl)cc2NC(C)=O)cc(=O)n1CC(=O)NC(C)(C)CO. The van der Waals surface area contributed by atoms with Crippen LogP contribution >= 0.6 is 23.4 Å². The van der Waals surface area contributed by atoms with E-state index in [2.05, 4.69) is 15.6 Å². The molecule has 2 rings (SSSR count). The van der Waals surface area contributed by atoms with Gasteiger partial charge in [-0.25, -0.2) is 4.98 Å². The Morgan fingerprint density at radius 2 is 2.00 bits per heavy atom. The summed E-state index contributed by atoms with van der Waals surface area (Å²) in [5, 5.41) is 15.4. The highest BCUT2D eigenvalue weighted by atomic mass is 35.5. The molecule has 0 fully saturated rings. The van der Waals surface area contributed by atoms with Crippen LogP contribution in [-0.4, -0.2) is 44.9 Å². The molecule has 29 heavy (non-hydrogen) atoms. The van der Waals surface area contributed by atoms with Crippen LogP contribution in [-0.2, 0) is 16.1 Å². The van der Waals surface area contributed by atoms with Crippen molar-refractivity contribution in [3.63, 3.8) is 0 Å². The van der Waals surface area contributed by atoms with Crippen molar-refractivity contribution in [2.24, 2.45) is 0 Å². The summed E-state index contributed by atoms with van der Waals surface area (Å²) >= 11 is 7.24. The van der Waals surface area contributed by atoms with Gasteiger partial charge in [0.05, 0.1) is 23.5 Å². The number of nitrogens with one attached hydrogen (secondary N) is 2. The third-order valence-corrected chi connectivity index (χ3v) is 4.81. The molecule has 8 nitrogen and oxygen atoms in total. The maximum absolute atomic E-state index is 12.7. The molecule has 0 aliphatic carbocycles. The van der Waals surface area contributed by atoms with E-state index in [1.807, 2.05) is 0 Å². The summed E-state index contributed by atoms with van der Waals surface area (Å²) in [7, 11) is 0. The second-order valence-corrected chi connectivity index (χ2v) is 8.22. The Balaban J connectivity index is 2.45. The van der Waals surface area contributed by atoms with Gasteiger partial charge >= 0.3 is 0 Å². The molecule has 156 valence electrons. The molecule has 0 saturated heterocycles. The first-order valence-electron chi connectivity index (χ1n) is 8.71. The number of amides is 2. The number of rotatable bonds is 7. The third-order valence-electron chi connectivity index (χ3n) is 3.90. The molecule has 0 aliphatic heterocycles. The highest BCUT2D eigenvalue weighted by Crippen LogP contribution is 2.30. The van der Waals surface area contributed by atoms with E-state index in [0.29, 0.717) is 27.1 Å². The summed E-state index contributed by atoms with van der Waals surface area (Å²) in [6.45, 7) is 4.26. The highest BCUT2D eigenvalue weighted by Gasteiger charge is 2.21. The van der Waals surface area contributed by atoms with Crippen LogP contribution in [0.3, 0.4) is 0 Å². The van der Waals surface area contributed by atoms with Crippen LogP contribution in [0.2, 0.25) is 5.02 Å².